The summed E-state index contributed by atoms with van der Waals surface area (Å²) >= 11 is 0. The lowest BCUT2D eigenvalue weighted by atomic mass is 9.78. The first-order valence-corrected chi connectivity index (χ1v) is 6.03. The molecule has 88 valence electrons. The van der Waals surface area contributed by atoms with Crippen molar-refractivity contribution in [2.45, 2.75) is 26.7 Å². The number of nitrogens with one attached hydrogen (secondary N) is 1. The third-order valence-electron chi connectivity index (χ3n) is 3.47. The van der Waals surface area contributed by atoms with Gasteiger partial charge in [0, 0.05) is 13.1 Å². The van der Waals surface area contributed by atoms with Gasteiger partial charge in [-0.3, -0.25) is 0 Å². The van der Waals surface area contributed by atoms with Crippen LogP contribution in [0.1, 0.15) is 25.0 Å². The number of aryl methyl sites for hydroxylation is 1. The number of methoxy groups -OCH3 is 1. The van der Waals surface area contributed by atoms with E-state index in [1.54, 1.807) is 7.11 Å². The SMILES string of the molecule is CCc1ccc(OC)c(CC2(C)CNC2)c1. The Bertz CT molecular complexity index is 369. The molecule has 1 fully saturated rings. The molecule has 2 heteroatoms. The Balaban J connectivity index is 2.22. The van der Waals surface area contributed by atoms with Gasteiger partial charge < -0.3 is 10.1 Å². The van der Waals surface area contributed by atoms with E-state index in [4.69, 9.17) is 4.74 Å². The summed E-state index contributed by atoms with van der Waals surface area (Å²) in [5, 5.41) is 3.35. The van der Waals surface area contributed by atoms with E-state index in [1.165, 1.54) is 11.1 Å². The summed E-state index contributed by atoms with van der Waals surface area (Å²) in [5.41, 5.74) is 3.16. The Morgan fingerprint density at radius 2 is 2.12 bits per heavy atom. The van der Waals surface area contributed by atoms with Crippen LogP contribution in [0.3, 0.4) is 0 Å². The molecule has 0 saturated carbocycles. The molecule has 1 saturated heterocycles. The van der Waals surface area contributed by atoms with Crippen LogP contribution >= 0.6 is 0 Å². The number of ether oxygens (including phenoxy) is 1. The summed E-state index contributed by atoms with van der Waals surface area (Å²) in [5.74, 6) is 1.03. The zero-order chi connectivity index (χ0) is 11.6. The molecule has 2 rings (SSSR count). The third-order valence-corrected chi connectivity index (χ3v) is 3.47. The molecule has 0 atom stereocenters. The molecule has 1 aromatic rings. The van der Waals surface area contributed by atoms with Gasteiger partial charge in [0.25, 0.3) is 0 Å². The molecule has 2 nitrogen and oxygen atoms in total. The maximum atomic E-state index is 5.44. The van der Waals surface area contributed by atoms with E-state index >= 15 is 0 Å². The van der Waals surface area contributed by atoms with Crippen LogP contribution in [0.5, 0.6) is 5.75 Å². The minimum Gasteiger partial charge on any atom is -0.496 e. The maximum Gasteiger partial charge on any atom is 0.122 e. The molecule has 0 aliphatic carbocycles. The van der Waals surface area contributed by atoms with Gasteiger partial charge in [0.2, 0.25) is 0 Å². The molecule has 0 aromatic heterocycles. The Morgan fingerprint density at radius 1 is 1.38 bits per heavy atom. The quantitative estimate of drug-likeness (QED) is 0.839. The normalized spacial score (nSPS) is 17.9. The Kier molecular flexibility index (Phi) is 3.20. The molecule has 0 amide bonds. The van der Waals surface area contributed by atoms with Crippen molar-refractivity contribution in [1.29, 1.82) is 0 Å². The summed E-state index contributed by atoms with van der Waals surface area (Å²) in [6.07, 6.45) is 2.20. The highest BCUT2D eigenvalue weighted by molar-refractivity contribution is 5.38. The molecule has 0 spiro atoms. The highest BCUT2D eigenvalue weighted by Crippen LogP contribution is 2.31. The van der Waals surface area contributed by atoms with Crippen molar-refractivity contribution in [1.82, 2.24) is 5.32 Å². The first kappa shape index (κ1) is 11.5. The second-order valence-electron chi connectivity index (χ2n) is 5.09. The maximum absolute atomic E-state index is 5.44. The largest absolute Gasteiger partial charge is 0.496 e. The predicted molar refractivity (Wildman–Crippen MR) is 67.1 cm³/mol. The highest BCUT2D eigenvalue weighted by Gasteiger charge is 2.32. The van der Waals surface area contributed by atoms with E-state index in [9.17, 15) is 0 Å². The van der Waals surface area contributed by atoms with Crippen LogP contribution in [0, 0.1) is 5.41 Å². The summed E-state index contributed by atoms with van der Waals surface area (Å²) in [7, 11) is 1.76. The van der Waals surface area contributed by atoms with Crippen LogP contribution < -0.4 is 10.1 Å². The van der Waals surface area contributed by atoms with Gasteiger partial charge in [-0.25, -0.2) is 0 Å². The second-order valence-corrected chi connectivity index (χ2v) is 5.09. The average Bonchev–Trinajstić information content (AvgIpc) is 2.27. The van der Waals surface area contributed by atoms with Crippen molar-refractivity contribution in [2.75, 3.05) is 20.2 Å². The number of rotatable bonds is 4. The van der Waals surface area contributed by atoms with Gasteiger partial charge in [0.1, 0.15) is 5.75 Å². The zero-order valence-electron chi connectivity index (χ0n) is 10.5. The van der Waals surface area contributed by atoms with E-state index in [1.807, 2.05) is 0 Å². The molecule has 1 aliphatic rings. The van der Waals surface area contributed by atoms with Crippen molar-refractivity contribution < 1.29 is 4.74 Å². The zero-order valence-corrected chi connectivity index (χ0v) is 10.5. The van der Waals surface area contributed by atoms with E-state index in [0.717, 1.165) is 31.7 Å². The van der Waals surface area contributed by atoms with Crippen LogP contribution in [0.15, 0.2) is 18.2 Å². The van der Waals surface area contributed by atoms with Gasteiger partial charge in [0.05, 0.1) is 7.11 Å². The molecule has 0 radical (unpaired) electrons. The van der Waals surface area contributed by atoms with E-state index < -0.39 is 0 Å². The Hall–Kier alpha value is -1.02. The molecular formula is C14H21NO. The Labute approximate surface area is 98.0 Å². The van der Waals surface area contributed by atoms with Crippen molar-refractivity contribution in [3.05, 3.63) is 29.3 Å². The van der Waals surface area contributed by atoms with Crippen molar-refractivity contribution in [2.24, 2.45) is 5.41 Å². The van der Waals surface area contributed by atoms with Crippen molar-refractivity contribution in [3.8, 4) is 5.75 Å². The number of benzene rings is 1. The highest BCUT2D eigenvalue weighted by atomic mass is 16.5. The molecule has 1 N–H and O–H groups in total. The van der Waals surface area contributed by atoms with Gasteiger partial charge >= 0.3 is 0 Å². The van der Waals surface area contributed by atoms with Gasteiger partial charge in [-0.05, 0) is 35.4 Å². The van der Waals surface area contributed by atoms with Crippen molar-refractivity contribution in [3.63, 3.8) is 0 Å². The topological polar surface area (TPSA) is 21.3 Å². The van der Waals surface area contributed by atoms with Crippen molar-refractivity contribution >= 4 is 0 Å². The summed E-state index contributed by atoms with van der Waals surface area (Å²) in [4.78, 5) is 0. The minimum absolute atomic E-state index is 0.416. The van der Waals surface area contributed by atoms with Crippen LogP contribution in [0.25, 0.3) is 0 Å². The summed E-state index contributed by atoms with van der Waals surface area (Å²) < 4.78 is 5.44. The molecule has 1 aromatic carbocycles. The molecular weight excluding hydrogens is 198 g/mol. The fraction of sp³-hybridized carbons (Fsp3) is 0.571. The minimum atomic E-state index is 0.416. The lowest BCUT2D eigenvalue weighted by Crippen LogP contribution is -2.52. The molecule has 0 unspecified atom stereocenters. The van der Waals surface area contributed by atoms with Gasteiger partial charge in [-0.15, -0.1) is 0 Å². The van der Waals surface area contributed by atoms with Gasteiger partial charge in [0.15, 0.2) is 0 Å². The predicted octanol–water partition coefficient (Wildman–Crippen LogP) is 2.41. The van der Waals surface area contributed by atoms with Gasteiger partial charge in [-0.1, -0.05) is 26.0 Å². The number of hydrogen-bond acceptors (Lipinski definition) is 2. The average molecular weight is 219 g/mol. The van der Waals surface area contributed by atoms with Gasteiger partial charge in [-0.2, -0.15) is 0 Å². The fourth-order valence-electron chi connectivity index (χ4n) is 2.33. The van der Waals surface area contributed by atoms with Crippen LogP contribution in [-0.4, -0.2) is 20.2 Å². The lowest BCUT2D eigenvalue weighted by Gasteiger charge is -2.39. The molecule has 1 heterocycles. The second kappa shape index (κ2) is 4.46. The lowest BCUT2D eigenvalue weighted by molar-refractivity contribution is 0.193. The fourth-order valence-corrected chi connectivity index (χ4v) is 2.33. The monoisotopic (exact) mass is 219 g/mol. The summed E-state index contributed by atoms with van der Waals surface area (Å²) in [6, 6.07) is 6.55. The molecule has 16 heavy (non-hydrogen) atoms. The van der Waals surface area contributed by atoms with E-state index in [-0.39, 0.29) is 0 Å². The Morgan fingerprint density at radius 3 is 2.62 bits per heavy atom. The van der Waals surface area contributed by atoms with Crippen LogP contribution in [0.2, 0.25) is 0 Å². The third kappa shape index (κ3) is 2.22. The van der Waals surface area contributed by atoms with Crippen LogP contribution in [-0.2, 0) is 12.8 Å². The number of hydrogen-bond donors (Lipinski definition) is 1. The molecule has 1 aliphatic heterocycles. The summed E-state index contributed by atoms with van der Waals surface area (Å²) in [6.45, 7) is 6.76. The van der Waals surface area contributed by atoms with E-state index in [2.05, 4.69) is 37.4 Å². The first-order chi connectivity index (χ1) is 7.67. The smallest absolute Gasteiger partial charge is 0.122 e. The molecule has 0 bridgehead atoms. The first-order valence-electron chi connectivity index (χ1n) is 6.03. The standard InChI is InChI=1S/C14H21NO/c1-4-11-5-6-13(16-3)12(7-11)8-14(2)9-15-10-14/h5-7,15H,4,8-10H2,1-3H3. The van der Waals surface area contributed by atoms with E-state index in [0.29, 0.717) is 5.41 Å². The van der Waals surface area contributed by atoms with Crippen LogP contribution in [0.4, 0.5) is 0 Å².